The lowest BCUT2D eigenvalue weighted by atomic mass is 9.81. The minimum atomic E-state index is -0.469. The molecule has 136 valence electrons. The second kappa shape index (κ2) is 9.48. The minimum Gasteiger partial charge on any atom is -0.444 e. The summed E-state index contributed by atoms with van der Waals surface area (Å²) in [5, 5.41) is 6.69. The summed E-state index contributed by atoms with van der Waals surface area (Å²) in [6.45, 7) is 12.8. The van der Waals surface area contributed by atoms with Crippen molar-refractivity contribution in [3.63, 3.8) is 0 Å². The van der Waals surface area contributed by atoms with E-state index in [0.717, 1.165) is 12.8 Å². The summed E-state index contributed by atoms with van der Waals surface area (Å²) in [5.41, 5.74) is -0.469. The fraction of sp³-hybridized carbons (Fsp3) is 0.944. The minimum absolute atomic E-state index is 0.0806. The Hall–Kier alpha value is -0.810. The van der Waals surface area contributed by atoms with Crippen LogP contribution in [0, 0.1) is 0 Å². The molecule has 5 nitrogen and oxygen atoms in total. The number of rotatable bonds is 9. The average Bonchev–Trinajstić information content (AvgIpc) is 2.44. The lowest BCUT2D eigenvalue weighted by Crippen LogP contribution is -2.67. The van der Waals surface area contributed by atoms with Gasteiger partial charge in [0.15, 0.2) is 0 Å². The molecule has 1 fully saturated rings. The van der Waals surface area contributed by atoms with Gasteiger partial charge in [0.05, 0.1) is 18.2 Å². The van der Waals surface area contributed by atoms with Crippen LogP contribution in [0.5, 0.6) is 0 Å². The molecule has 1 saturated carbocycles. The number of hydrogen-bond donors (Lipinski definition) is 2. The molecule has 5 heteroatoms. The van der Waals surface area contributed by atoms with E-state index in [1.807, 2.05) is 27.7 Å². The van der Waals surface area contributed by atoms with Crippen molar-refractivity contribution < 1.29 is 14.3 Å². The van der Waals surface area contributed by atoms with Gasteiger partial charge in [-0.2, -0.15) is 0 Å². The lowest BCUT2D eigenvalue weighted by molar-refractivity contribution is -0.0471. The third-order valence-electron chi connectivity index (χ3n) is 4.23. The van der Waals surface area contributed by atoms with Gasteiger partial charge in [-0.3, -0.25) is 0 Å². The lowest BCUT2D eigenvalue weighted by Gasteiger charge is -2.46. The Kier molecular flexibility index (Phi) is 8.34. The van der Waals surface area contributed by atoms with Gasteiger partial charge in [-0.15, -0.1) is 0 Å². The number of nitrogens with one attached hydrogen (secondary N) is 2. The molecule has 0 aromatic heterocycles. The fourth-order valence-corrected chi connectivity index (χ4v) is 2.95. The van der Waals surface area contributed by atoms with Gasteiger partial charge in [0.2, 0.25) is 0 Å². The highest BCUT2D eigenvalue weighted by Crippen LogP contribution is 2.26. The monoisotopic (exact) mass is 328 g/mol. The van der Waals surface area contributed by atoms with E-state index in [1.165, 1.54) is 19.3 Å². The standard InChI is InChI=1S/C18H36N2O3/c1-7-10-11-13(8-2)19-16-14(12-15(16)22-9-3)20-17(21)23-18(4,5)6/h13-16,19H,7-12H2,1-6H3,(H,20,21). The molecule has 23 heavy (non-hydrogen) atoms. The van der Waals surface area contributed by atoms with Crippen molar-refractivity contribution in [2.24, 2.45) is 0 Å². The van der Waals surface area contributed by atoms with Gasteiger partial charge in [-0.1, -0.05) is 26.7 Å². The maximum atomic E-state index is 12.0. The molecule has 1 rings (SSSR count). The molecule has 0 saturated heterocycles. The molecule has 4 atom stereocenters. The van der Waals surface area contributed by atoms with Crippen molar-refractivity contribution in [1.29, 1.82) is 0 Å². The molecule has 1 amide bonds. The zero-order chi connectivity index (χ0) is 17.5. The summed E-state index contributed by atoms with van der Waals surface area (Å²) >= 11 is 0. The maximum absolute atomic E-state index is 12.0. The Balaban J connectivity index is 2.56. The van der Waals surface area contributed by atoms with Gasteiger partial charge in [0.25, 0.3) is 0 Å². The second-order valence-corrected chi connectivity index (χ2v) is 7.42. The zero-order valence-electron chi connectivity index (χ0n) is 15.8. The van der Waals surface area contributed by atoms with Crippen LogP contribution < -0.4 is 10.6 Å². The van der Waals surface area contributed by atoms with Gasteiger partial charge in [0.1, 0.15) is 5.60 Å². The molecule has 0 spiro atoms. The highest BCUT2D eigenvalue weighted by Gasteiger charge is 2.43. The van der Waals surface area contributed by atoms with E-state index in [1.54, 1.807) is 0 Å². The summed E-state index contributed by atoms with van der Waals surface area (Å²) in [7, 11) is 0. The van der Waals surface area contributed by atoms with E-state index < -0.39 is 5.60 Å². The van der Waals surface area contributed by atoms with Crippen LogP contribution in [0.25, 0.3) is 0 Å². The molecular weight excluding hydrogens is 292 g/mol. The predicted octanol–water partition coefficient (Wildman–Crippen LogP) is 3.62. The van der Waals surface area contributed by atoms with Crippen molar-refractivity contribution in [2.75, 3.05) is 6.61 Å². The quantitative estimate of drug-likeness (QED) is 0.679. The van der Waals surface area contributed by atoms with Crippen LogP contribution in [0.3, 0.4) is 0 Å². The van der Waals surface area contributed by atoms with E-state index in [4.69, 9.17) is 9.47 Å². The fourth-order valence-electron chi connectivity index (χ4n) is 2.95. The third-order valence-corrected chi connectivity index (χ3v) is 4.23. The zero-order valence-corrected chi connectivity index (χ0v) is 15.8. The number of hydrogen-bond acceptors (Lipinski definition) is 4. The van der Waals surface area contributed by atoms with E-state index in [-0.39, 0.29) is 24.3 Å². The highest BCUT2D eigenvalue weighted by atomic mass is 16.6. The van der Waals surface area contributed by atoms with Crippen LogP contribution in [0.4, 0.5) is 4.79 Å². The first kappa shape index (κ1) is 20.2. The molecule has 0 aliphatic heterocycles. The molecular formula is C18H36N2O3. The number of carbonyl (C=O) groups excluding carboxylic acids is 1. The topological polar surface area (TPSA) is 59.6 Å². The second-order valence-electron chi connectivity index (χ2n) is 7.42. The Morgan fingerprint density at radius 1 is 1.26 bits per heavy atom. The first-order valence-electron chi connectivity index (χ1n) is 9.17. The van der Waals surface area contributed by atoms with Crippen LogP contribution >= 0.6 is 0 Å². The largest absolute Gasteiger partial charge is 0.444 e. The van der Waals surface area contributed by atoms with Crippen molar-refractivity contribution in [2.45, 2.75) is 103 Å². The SMILES string of the molecule is CCCCC(CC)NC1C(NC(=O)OC(C)(C)C)CC1OCC. The van der Waals surface area contributed by atoms with Crippen molar-refractivity contribution in [1.82, 2.24) is 10.6 Å². The molecule has 0 radical (unpaired) electrons. The summed E-state index contributed by atoms with van der Waals surface area (Å²) in [6, 6.07) is 0.729. The van der Waals surface area contributed by atoms with Gasteiger partial charge in [-0.05, 0) is 47.0 Å². The molecule has 1 aliphatic rings. The number of alkyl carbamates (subject to hydrolysis) is 1. The maximum Gasteiger partial charge on any atom is 0.407 e. The number of amides is 1. The first-order valence-corrected chi connectivity index (χ1v) is 9.17. The van der Waals surface area contributed by atoms with Crippen molar-refractivity contribution in [3.8, 4) is 0 Å². The first-order chi connectivity index (χ1) is 10.8. The summed E-state index contributed by atoms with van der Waals surface area (Å²) in [4.78, 5) is 12.0. The summed E-state index contributed by atoms with van der Waals surface area (Å²) in [6.07, 6.45) is 5.37. The smallest absolute Gasteiger partial charge is 0.407 e. The molecule has 1 aliphatic carbocycles. The van der Waals surface area contributed by atoms with Crippen molar-refractivity contribution >= 4 is 6.09 Å². The van der Waals surface area contributed by atoms with Gasteiger partial charge in [-0.25, -0.2) is 4.79 Å². The Bertz CT molecular complexity index is 355. The highest BCUT2D eigenvalue weighted by molar-refractivity contribution is 5.68. The van der Waals surface area contributed by atoms with Crippen LogP contribution in [0.2, 0.25) is 0 Å². The third kappa shape index (κ3) is 7.08. The van der Waals surface area contributed by atoms with Gasteiger partial charge in [0, 0.05) is 12.6 Å². The molecule has 0 aromatic rings. The Morgan fingerprint density at radius 3 is 2.48 bits per heavy atom. The molecule has 0 bridgehead atoms. The molecule has 2 N–H and O–H groups in total. The van der Waals surface area contributed by atoms with E-state index in [2.05, 4.69) is 24.5 Å². The van der Waals surface area contributed by atoms with E-state index >= 15 is 0 Å². The summed E-state index contributed by atoms with van der Waals surface area (Å²) in [5.74, 6) is 0. The molecule has 0 heterocycles. The molecule has 4 unspecified atom stereocenters. The summed E-state index contributed by atoms with van der Waals surface area (Å²) < 4.78 is 11.2. The average molecular weight is 328 g/mol. The normalized spacial score (nSPS) is 25.6. The molecule has 0 aromatic carbocycles. The predicted molar refractivity (Wildman–Crippen MR) is 93.7 cm³/mol. The van der Waals surface area contributed by atoms with Gasteiger partial charge < -0.3 is 20.1 Å². The Morgan fingerprint density at radius 2 is 1.96 bits per heavy atom. The van der Waals surface area contributed by atoms with Gasteiger partial charge >= 0.3 is 6.09 Å². The van der Waals surface area contributed by atoms with E-state index in [9.17, 15) is 4.79 Å². The number of ether oxygens (including phenoxy) is 2. The van der Waals surface area contributed by atoms with Crippen LogP contribution in [-0.2, 0) is 9.47 Å². The van der Waals surface area contributed by atoms with Crippen molar-refractivity contribution in [3.05, 3.63) is 0 Å². The van der Waals surface area contributed by atoms with Crippen LogP contribution in [0.15, 0.2) is 0 Å². The van der Waals surface area contributed by atoms with E-state index in [0.29, 0.717) is 12.6 Å². The van der Waals surface area contributed by atoms with Crippen LogP contribution in [-0.4, -0.2) is 42.5 Å². The number of carbonyl (C=O) groups is 1. The van der Waals surface area contributed by atoms with Crippen LogP contribution in [0.1, 0.15) is 73.6 Å². The number of unbranched alkanes of at least 4 members (excludes halogenated alkanes) is 1. The Labute approximate surface area is 141 Å².